The zero-order valence-electron chi connectivity index (χ0n) is 8.42. The van der Waals surface area contributed by atoms with Crippen LogP contribution in [0.4, 0.5) is 0 Å². The first kappa shape index (κ1) is 14.7. The van der Waals surface area contributed by atoms with Crippen molar-refractivity contribution in [3.63, 3.8) is 0 Å². The van der Waals surface area contributed by atoms with Crippen molar-refractivity contribution in [3.8, 4) is 0 Å². The number of hydrogen-bond acceptors (Lipinski definition) is 2. The monoisotopic (exact) mass is 340 g/mol. The largest absolute Gasteiger partial charge is 0.351 e. The Morgan fingerprint density at radius 2 is 2.13 bits per heavy atom. The predicted molar refractivity (Wildman–Crippen MR) is 72.7 cm³/mol. The molecule has 1 aromatic carbocycles. The molecular weight excluding hydrogens is 326 g/mol. The van der Waals surface area contributed by atoms with Crippen molar-refractivity contribution in [1.82, 2.24) is 10.6 Å². The molecule has 84 valence electrons. The minimum absolute atomic E-state index is 0. The Morgan fingerprint density at radius 3 is 2.73 bits per heavy atom. The van der Waals surface area contributed by atoms with E-state index in [2.05, 4.69) is 33.2 Å². The van der Waals surface area contributed by atoms with Crippen LogP contribution in [0.1, 0.15) is 10.4 Å². The van der Waals surface area contributed by atoms with Crippen LogP contribution in [0, 0.1) is 3.57 Å². The lowest BCUT2D eigenvalue weighted by Gasteiger charge is -2.04. The molecule has 0 heterocycles. The second-order valence-electron chi connectivity index (χ2n) is 2.87. The van der Waals surface area contributed by atoms with E-state index in [0.29, 0.717) is 12.1 Å². The summed E-state index contributed by atoms with van der Waals surface area (Å²) in [6.07, 6.45) is 0. The molecule has 3 nitrogen and oxygen atoms in total. The van der Waals surface area contributed by atoms with Crippen LogP contribution < -0.4 is 10.6 Å². The van der Waals surface area contributed by atoms with Gasteiger partial charge in [0, 0.05) is 22.2 Å². The topological polar surface area (TPSA) is 41.1 Å². The van der Waals surface area contributed by atoms with Crippen LogP contribution >= 0.6 is 35.0 Å². The summed E-state index contributed by atoms with van der Waals surface area (Å²) >= 11 is 2.19. The highest BCUT2D eigenvalue weighted by Crippen LogP contribution is 2.07. The molecule has 0 radical (unpaired) electrons. The van der Waals surface area contributed by atoms with E-state index in [1.807, 2.05) is 31.3 Å². The number of benzene rings is 1. The van der Waals surface area contributed by atoms with Crippen LogP contribution in [0.5, 0.6) is 0 Å². The summed E-state index contributed by atoms with van der Waals surface area (Å²) in [5, 5.41) is 5.79. The fourth-order valence-corrected chi connectivity index (χ4v) is 1.58. The summed E-state index contributed by atoms with van der Waals surface area (Å²) in [7, 11) is 1.86. The van der Waals surface area contributed by atoms with Gasteiger partial charge in [-0.25, -0.2) is 0 Å². The Morgan fingerprint density at radius 1 is 1.40 bits per heavy atom. The van der Waals surface area contributed by atoms with Gasteiger partial charge in [-0.15, -0.1) is 12.4 Å². The van der Waals surface area contributed by atoms with Gasteiger partial charge >= 0.3 is 0 Å². The van der Waals surface area contributed by atoms with Crippen molar-refractivity contribution in [2.24, 2.45) is 0 Å². The van der Waals surface area contributed by atoms with Crippen LogP contribution in [0.15, 0.2) is 24.3 Å². The lowest BCUT2D eigenvalue weighted by atomic mass is 10.2. The maximum absolute atomic E-state index is 11.5. The van der Waals surface area contributed by atoms with E-state index < -0.39 is 0 Å². The van der Waals surface area contributed by atoms with Gasteiger partial charge in [-0.05, 0) is 47.8 Å². The summed E-state index contributed by atoms with van der Waals surface area (Å²) in [5.41, 5.74) is 0.716. The van der Waals surface area contributed by atoms with E-state index in [0.717, 1.165) is 10.1 Å². The first-order valence-electron chi connectivity index (χ1n) is 4.42. The number of hydrogen-bond donors (Lipinski definition) is 2. The summed E-state index contributed by atoms with van der Waals surface area (Å²) < 4.78 is 1.07. The van der Waals surface area contributed by atoms with Crippen molar-refractivity contribution >= 4 is 40.9 Å². The molecule has 1 rings (SSSR count). The van der Waals surface area contributed by atoms with Crippen LogP contribution in [-0.4, -0.2) is 26.0 Å². The molecule has 0 aliphatic carbocycles. The lowest BCUT2D eigenvalue weighted by molar-refractivity contribution is 0.0954. The normalized spacial score (nSPS) is 9.20. The second-order valence-corrected chi connectivity index (χ2v) is 4.12. The van der Waals surface area contributed by atoms with Crippen molar-refractivity contribution in [2.45, 2.75) is 0 Å². The molecular formula is C10H14ClIN2O. The SMILES string of the molecule is CNCCNC(=O)c1cccc(I)c1.Cl. The third-order valence-corrected chi connectivity index (χ3v) is 2.42. The first-order chi connectivity index (χ1) is 6.74. The highest BCUT2D eigenvalue weighted by atomic mass is 127. The Hall–Kier alpha value is -0.330. The van der Waals surface area contributed by atoms with Gasteiger partial charge in [-0.3, -0.25) is 4.79 Å². The van der Waals surface area contributed by atoms with Gasteiger partial charge in [0.15, 0.2) is 0 Å². The molecule has 0 atom stereocenters. The number of nitrogens with one attached hydrogen (secondary N) is 2. The average Bonchev–Trinajstić information content (AvgIpc) is 2.18. The number of rotatable bonds is 4. The molecule has 0 aromatic heterocycles. The Balaban J connectivity index is 0.00000196. The van der Waals surface area contributed by atoms with Gasteiger partial charge in [0.1, 0.15) is 0 Å². The highest BCUT2D eigenvalue weighted by Gasteiger charge is 2.03. The van der Waals surface area contributed by atoms with Gasteiger partial charge < -0.3 is 10.6 Å². The molecule has 15 heavy (non-hydrogen) atoms. The number of amides is 1. The molecule has 0 unspecified atom stereocenters. The smallest absolute Gasteiger partial charge is 0.251 e. The van der Waals surface area contributed by atoms with E-state index >= 15 is 0 Å². The molecule has 5 heteroatoms. The molecule has 1 amide bonds. The van der Waals surface area contributed by atoms with Gasteiger partial charge in [0.05, 0.1) is 0 Å². The quantitative estimate of drug-likeness (QED) is 0.646. The average molecular weight is 341 g/mol. The molecule has 0 saturated carbocycles. The van der Waals surface area contributed by atoms with Crippen molar-refractivity contribution in [2.75, 3.05) is 20.1 Å². The summed E-state index contributed by atoms with van der Waals surface area (Å²) in [6, 6.07) is 7.53. The van der Waals surface area contributed by atoms with E-state index in [9.17, 15) is 4.79 Å². The number of halogens is 2. The maximum atomic E-state index is 11.5. The summed E-state index contributed by atoms with van der Waals surface area (Å²) in [5.74, 6) is -0.0150. The molecule has 0 spiro atoms. The standard InChI is InChI=1S/C10H13IN2O.ClH/c1-12-5-6-13-10(14)8-3-2-4-9(11)7-8;/h2-4,7,12H,5-6H2,1H3,(H,13,14);1H. The molecule has 2 N–H and O–H groups in total. The second kappa shape index (κ2) is 7.90. The number of likely N-dealkylation sites (N-methyl/N-ethyl adjacent to an activating group) is 1. The Kier molecular flexibility index (Phi) is 7.72. The number of carbonyl (C=O) groups is 1. The molecule has 0 fully saturated rings. The van der Waals surface area contributed by atoms with E-state index in [1.54, 1.807) is 0 Å². The Bertz CT molecular complexity index is 320. The third kappa shape index (κ3) is 5.34. The molecule has 1 aromatic rings. The zero-order chi connectivity index (χ0) is 10.4. The summed E-state index contributed by atoms with van der Waals surface area (Å²) in [6.45, 7) is 1.44. The minimum atomic E-state index is -0.0150. The molecule has 0 aliphatic rings. The number of carbonyl (C=O) groups excluding carboxylic acids is 1. The molecule has 0 aliphatic heterocycles. The van der Waals surface area contributed by atoms with Crippen molar-refractivity contribution < 1.29 is 4.79 Å². The highest BCUT2D eigenvalue weighted by molar-refractivity contribution is 14.1. The lowest BCUT2D eigenvalue weighted by Crippen LogP contribution is -2.30. The fourth-order valence-electron chi connectivity index (χ4n) is 1.03. The van der Waals surface area contributed by atoms with Gasteiger partial charge in [0.2, 0.25) is 0 Å². The maximum Gasteiger partial charge on any atom is 0.251 e. The van der Waals surface area contributed by atoms with E-state index in [-0.39, 0.29) is 18.3 Å². The van der Waals surface area contributed by atoms with Gasteiger partial charge in [-0.1, -0.05) is 6.07 Å². The Labute approximate surface area is 110 Å². The van der Waals surface area contributed by atoms with Crippen LogP contribution in [0.2, 0.25) is 0 Å². The van der Waals surface area contributed by atoms with E-state index in [4.69, 9.17) is 0 Å². The minimum Gasteiger partial charge on any atom is -0.351 e. The van der Waals surface area contributed by atoms with Crippen molar-refractivity contribution in [1.29, 1.82) is 0 Å². The third-order valence-electron chi connectivity index (χ3n) is 1.75. The van der Waals surface area contributed by atoms with Crippen LogP contribution in [0.3, 0.4) is 0 Å². The van der Waals surface area contributed by atoms with E-state index in [1.165, 1.54) is 0 Å². The first-order valence-corrected chi connectivity index (χ1v) is 5.50. The predicted octanol–water partition coefficient (Wildman–Crippen LogP) is 1.66. The molecule has 0 saturated heterocycles. The van der Waals surface area contributed by atoms with Crippen LogP contribution in [-0.2, 0) is 0 Å². The van der Waals surface area contributed by atoms with Crippen molar-refractivity contribution in [3.05, 3.63) is 33.4 Å². The van der Waals surface area contributed by atoms with Crippen LogP contribution in [0.25, 0.3) is 0 Å². The zero-order valence-corrected chi connectivity index (χ0v) is 11.4. The fraction of sp³-hybridized carbons (Fsp3) is 0.300. The summed E-state index contributed by atoms with van der Waals surface area (Å²) in [4.78, 5) is 11.5. The van der Waals surface area contributed by atoms with Gasteiger partial charge in [0.25, 0.3) is 5.91 Å². The van der Waals surface area contributed by atoms with Gasteiger partial charge in [-0.2, -0.15) is 0 Å². The molecule has 0 bridgehead atoms.